The Bertz CT molecular complexity index is 931. The number of hydrogen-bond donors (Lipinski definition) is 0. The van der Waals surface area contributed by atoms with Gasteiger partial charge in [-0.15, -0.1) is 0 Å². The minimum atomic E-state index is -0.705. The van der Waals surface area contributed by atoms with Crippen LogP contribution in [0.3, 0.4) is 0 Å². The summed E-state index contributed by atoms with van der Waals surface area (Å²) in [6.07, 6.45) is 1.03. The van der Waals surface area contributed by atoms with Crippen molar-refractivity contribution in [2.24, 2.45) is 0 Å². The molecule has 0 spiro atoms. The minimum absolute atomic E-state index is 0.417. The van der Waals surface area contributed by atoms with Crippen LogP contribution in [0.1, 0.15) is 31.9 Å². The van der Waals surface area contributed by atoms with E-state index in [9.17, 15) is 9.59 Å². The quantitative estimate of drug-likeness (QED) is 0.523. The number of carbonyl (C=O) groups is 2. The van der Waals surface area contributed by atoms with Crippen molar-refractivity contribution in [2.75, 3.05) is 4.90 Å². The van der Waals surface area contributed by atoms with Crippen molar-refractivity contribution < 1.29 is 14.3 Å². The summed E-state index contributed by atoms with van der Waals surface area (Å²) in [6, 6.07) is 12.5. The maximum atomic E-state index is 13.0. The van der Waals surface area contributed by atoms with E-state index in [1.165, 1.54) is 0 Å². The molecule has 2 aromatic carbocycles. The smallest absolute Gasteiger partial charge is 0.422 e. The molecule has 0 aromatic heterocycles. The van der Waals surface area contributed by atoms with E-state index in [4.69, 9.17) is 16.3 Å². The molecule has 0 saturated heterocycles. The summed E-state index contributed by atoms with van der Waals surface area (Å²) in [5, 5.41) is 0.574. The predicted octanol–water partition coefficient (Wildman–Crippen LogP) is 5.92. The lowest BCUT2D eigenvalue weighted by Crippen LogP contribution is -2.38. The molecule has 2 aromatic rings. The van der Waals surface area contributed by atoms with E-state index in [2.05, 4.69) is 15.9 Å². The zero-order chi connectivity index (χ0) is 19.1. The molecule has 0 radical (unpaired) electrons. The summed E-state index contributed by atoms with van der Waals surface area (Å²) in [4.78, 5) is 26.7. The van der Waals surface area contributed by atoms with Gasteiger partial charge in [0.15, 0.2) is 0 Å². The van der Waals surface area contributed by atoms with Crippen molar-refractivity contribution in [3.05, 3.63) is 63.1 Å². The number of nitrogens with zero attached hydrogens (tertiary/aromatic N) is 1. The minimum Gasteiger partial charge on any atom is -0.443 e. The van der Waals surface area contributed by atoms with Gasteiger partial charge in [0, 0.05) is 15.1 Å². The van der Waals surface area contributed by atoms with Crippen LogP contribution >= 0.6 is 27.5 Å². The van der Waals surface area contributed by atoms with Crippen LogP contribution in [-0.2, 0) is 9.53 Å². The molecule has 2 amide bonds. The normalized spacial score (nSPS) is 15.3. The van der Waals surface area contributed by atoms with Gasteiger partial charge in [0.1, 0.15) is 5.60 Å². The Morgan fingerprint density at radius 1 is 1.19 bits per heavy atom. The van der Waals surface area contributed by atoms with Crippen LogP contribution in [0.4, 0.5) is 10.5 Å². The Hall–Kier alpha value is -2.11. The van der Waals surface area contributed by atoms with Crippen molar-refractivity contribution >= 4 is 56.9 Å². The number of fused-ring (bicyclic) bond motifs is 1. The highest BCUT2D eigenvalue weighted by atomic mass is 79.9. The zero-order valence-corrected chi connectivity index (χ0v) is 16.9. The summed E-state index contributed by atoms with van der Waals surface area (Å²) in [7, 11) is 0. The molecule has 1 heterocycles. The van der Waals surface area contributed by atoms with Gasteiger partial charge in [0.25, 0.3) is 5.91 Å². The highest BCUT2D eigenvalue weighted by molar-refractivity contribution is 9.10. The van der Waals surface area contributed by atoms with E-state index in [0.29, 0.717) is 21.8 Å². The second-order valence-corrected chi connectivity index (χ2v) is 8.25. The van der Waals surface area contributed by atoms with E-state index in [0.717, 1.165) is 14.9 Å². The standard InChI is InChI=1S/C20H17BrClNO3/c1-20(2,3)26-19(25)23-17-11-13(21)7-8-15(17)16(18(23)24)10-12-5-4-6-14(22)9-12/h4-11H,1-3H3. The molecule has 0 saturated carbocycles. The fourth-order valence-electron chi connectivity index (χ4n) is 2.65. The number of imide groups is 1. The predicted molar refractivity (Wildman–Crippen MR) is 107 cm³/mol. The number of hydrogen-bond acceptors (Lipinski definition) is 3. The van der Waals surface area contributed by atoms with Gasteiger partial charge in [0.05, 0.1) is 11.3 Å². The van der Waals surface area contributed by atoms with E-state index in [-0.39, 0.29) is 0 Å². The first-order valence-corrected chi connectivity index (χ1v) is 9.17. The fraction of sp³-hybridized carbons (Fsp3) is 0.200. The maximum absolute atomic E-state index is 13.0. The number of amides is 2. The molecule has 0 bridgehead atoms. The molecule has 0 N–H and O–H groups in total. The number of rotatable bonds is 1. The van der Waals surface area contributed by atoms with Gasteiger partial charge in [-0.25, -0.2) is 9.69 Å². The SMILES string of the molecule is CC(C)(C)OC(=O)N1C(=O)C(=Cc2cccc(Cl)c2)c2ccc(Br)cc21. The lowest BCUT2D eigenvalue weighted by Gasteiger charge is -2.23. The van der Waals surface area contributed by atoms with Gasteiger partial charge in [-0.3, -0.25) is 4.79 Å². The van der Waals surface area contributed by atoms with Crippen LogP contribution in [0, 0.1) is 0 Å². The van der Waals surface area contributed by atoms with E-state index in [1.54, 1.807) is 51.1 Å². The van der Waals surface area contributed by atoms with Gasteiger partial charge in [-0.1, -0.05) is 45.7 Å². The number of ether oxygens (including phenoxy) is 1. The van der Waals surface area contributed by atoms with Gasteiger partial charge in [0.2, 0.25) is 0 Å². The van der Waals surface area contributed by atoms with Crippen molar-refractivity contribution in [2.45, 2.75) is 26.4 Å². The first kappa shape index (κ1) is 18.7. The number of carbonyl (C=O) groups excluding carboxylic acids is 2. The lowest BCUT2D eigenvalue weighted by molar-refractivity contribution is -0.112. The van der Waals surface area contributed by atoms with Crippen molar-refractivity contribution in [3.63, 3.8) is 0 Å². The van der Waals surface area contributed by atoms with Gasteiger partial charge >= 0.3 is 6.09 Å². The Morgan fingerprint density at radius 2 is 1.92 bits per heavy atom. The monoisotopic (exact) mass is 433 g/mol. The Kier molecular flexibility index (Phi) is 4.95. The third-order valence-electron chi connectivity index (χ3n) is 3.66. The van der Waals surface area contributed by atoms with Crippen LogP contribution in [0.15, 0.2) is 46.9 Å². The van der Waals surface area contributed by atoms with Gasteiger partial charge < -0.3 is 4.74 Å². The highest BCUT2D eigenvalue weighted by Gasteiger charge is 2.39. The molecular weight excluding hydrogens is 418 g/mol. The first-order chi connectivity index (χ1) is 12.2. The Balaban J connectivity index is 2.09. The molecule has 0 aliphatic carbocycles. The summed E-state index contributed by atoms with van der Waals surface area (Å²) >= 11 is 9.43. The Labute approximate surface area is 165 Å². The molecule has 0 fully saturated rings. The maximum Gasteiger partial charge on any atom is 0.422 e. The second kappa shape index (κ2) is 6.89. The van der Waals surface area contributed by atoms with E-state index < -0.39 is 17.6 Å². The molecule has 4 nitrogen and oxygen atoms in total. The van der Waals surface area contributed by atoms with Crippen LogP contribution in [0.2, 0.25) is 5.02 Å². The molecule has 1 aliphatic heterocycles. The van der Waals surface area contributed by atoms with Crippen molar-refractivity contribution in [1.29, 1.82) is 0 Å². The van der Waals surface area contributed by atoms with Crippen molar-refractivity contribution in [1.82, 2.24) is 0 Å². The Morgan fingerprint density at radius 3 is 2.58 bits per heavy atom. The molecule has 6 heteroatoms. The first-order valence-electron chi connectivity index (χ1n) is 8.00. The largest absolute Gasteiger partial charge is 0.443 e. The molecule has 0 unspecified atom stereocenters. The topological polar surface area (TPSA) is 46.6 Å². The molecular formula is C20H17BrClNO3. The van der Waals surface area contributed by atoms with Gasteiger partial charge in [-0.05, 0) is 56.7 Å². The summed E-state index contributed by atoms with van der Waals surface area (Å²) < 4.78 is 6.17. The second-order valence-electron chi connectivity index (χ2n) is 6.90. The van der Waals surface area contributed by atoms with Crippen LogP contribution in [0.5, 0.6) is 0 Å². The number of benzene rings is 2. The highest BCUT2D eigenvalue weighted by Crippen LogP contribution is 2.40. The molecule has 3 rings (SSSR count). The molecule has 26 heavy (non-hydrogen) atoms. The molecule has 1 aliphatic rings. The van der Waals surface area contributed by atoms with E-state index in [1.807, 2.05) is 18.2 Å². The zero-order valence-electron chi connectivity index (χ0n) is 14.5. The number of anilines is 1. The van der Waals surface area contributed by atoms with Gasteiger partial charge in [-0.2, -0.15) is 0 Å². The molecule has 134 valence electrons. The van der Waals surface area contributed by atoms with E-state index >= 15 is 0 Å². The lowest BCUT2D eigenvalue weighted by atomic mass is 10.0. The molecule has 0 atom stereocenters. The third-order valence-corrected chi connectivity index (χ3v) is 4.39. The van der Waals surface area contributed by atoms with Crippen LogP contribution in [-0.4, -0.2) is 17.6 Å². The van der Waals surface area contributed by atoms with Crippen LogP contribution in [0.25, 0.3) is 11.6 Å². The van der Waals surface area contributed by atoms with Crippen molar-refractivity contribution in [3.8, 4) is 0 Å². The summed E-state index contributed by atoms with van der Waals surface area (Å²) in [6.45, 7) is 5.28. The summed E-state index contributed by atoms with van der Waals surface area (Å²) in [5.74, 6) is -0.424. The number of halogens is 2. The average molecular weight is 435 g/mol. The third kappa shape index (κ3) is 3.84. The fourth-order valence-corrected chi connectivity index (χ4v) is 3.20. The average Bonchev–Trinajstić information content (AvgIpc) is 2.77. The summed E-state index contributed by atoms with van der Waals surface area (Å²) in [5.41, 5.74) is 1.65. The van der Waals surface area contributed by atoms with Crippen LogP contribution < -0.4 is 4.90 Å².